The summed E-state index contributed by atoms with van der Waals surface area (Å²) in [5, 5.41) is 13.4. The molecule has 0 aliphatic heterocycles. The number of aromatic nitrogens is 3. The molecule has 6 rings (SSSR count). The Labute approximate surface area is 195 Å². The highest BCUT2D eigenvalue weighted by molar-refractivity contribution is 6.29. The number of carboxylic acids is 1. The van der Waals surface area contributed by atoms with E-state index in [9.17, 15) is 14.7 Å². The largest absolute Gasteiger partial charge is 0.476 e. The van der Waals surface area contributed by atoms with Gasteiger partial charge in [0.05, 0.1) is 28.2 Å². The summed E-state index contributed by atoms with van der Waals surface area (Å²) in [5.41, 5.74) is 2.31. The Bertz CT molecular complexity index is 1360. The van der Waals surface area contributed by atoms with Gasteiger partial charge in [0.1, 0.15) is 11.0 Å². The molecule has 1 atom stereocenters. The molecular formula is C24H25ClN4O4. The molecule has 3 saturated carbocycles. The van der Waals surface area contributed by atoms with Gasteiger partial charge < -0.3 is 15.2 Å². The van der Waals surface area contributed by atoms with Gasteiger partial charge in [-0.3, -0.25) is 9.36 Å². The van der Waals surface area contributed by atoms with Crippen LogP contribution in [0.3, 0.4) is 0 Å². The van der Waals surface area contributed by atoms with Gasteiger partial charge in [0.15, 0.2) is 5.69 Å². The molecule has 33 heavy (non-hydrogen) atoms. The van der Waals surface area contributed by atoms with E-state index < -0.39 is 5.97 Å². The van der Waals surface area contributed by atoms with Crippen molar-refractivity contribution < 1.29 is 14.6 Å². The van der Waals surface area contributed by atoms with Gasteiger partial charge in [-0.15, -0.1) is 0 Å². The number of halogens is 1. The van der Waals surface area contributed by atoms with Crippen LogP contribution in [0, 0.1) is 6.92 Å². The third kappa shape index (κ3) is 3.23. The number of methoxy groups -OCH3 is 1. The van der Waals surface area contributed by atoms with Crippen molar-refractivity contribution in [2.75, 3.05) is 12.4 Å². The van der Waals surface area contributed by atoms with Crippen LogP contribution < -0.4 is 10.9 Å². The lowest BCUT2D eigenvalue weighted by atomic mass is 9.40. The van der Waals surface area contributed by atoms with Gasteiger partial charge in [0.2, 0.25) is 0 Å². The molecule has 8 nitrogen and oxygen atoms in total. The van der Waals surface area contributed by atoms with Gasteiger partial charge >= 0.3 is 5.97 Å². The summed E-state index contributed by atoms with van der Waals surface area (Å²) in [6, 6.07) is 6.64. The minimum absolute atomic E-state index is 0.0630. The molecule has 3 aliphatic rings. The second kappa shape index (κ2) is 7.27. The number of aryl methyl sites for hydroxylation is 1. The molecule has 3 aliphatic carbocycles. The van der Waals surface area contributed by atoms with Crippen LogP contribution in [0.4, 0.5) is 5.69 Å². The normalized spacial score (nSPS) is 24.2. The van der Waals surface area contributed by atoms with Crippen molar-refractivity contribution in [2.45, 2.75) is 50.2 Å². The Kier molecular flexibility index (Phi) is 4.81. The minimum Gasteiger partial charge on any atom is -0.476 e. The first kappa shape index (κ1) is 21.9. The summed E-state index contributed by atoms with van der Waals surface area (Å²) in [6.45, 7) is 3.84. The van der Waals surface area contributed by atoms with E-state index in [0.717, 1.165) is 36.2 Å². The van der Waals surface area contributed by atoms with Gasteiger partial charge in [-0.25, -0.2) is 14.8 Å². The number of benzene rings is 1. The quantitative estimate of drug-likeness (QED) is 0.527. The molecule has 0 amide bonds. The van der Waals surface area contributed by atoms with Crippen molar-refractivity contribution >= 4 is 34.2 Å². The minimum atomic E-state index is -1.17. The first-order chi connectivity index (χ1) is 15.6. The van der Waals surface area contributed by atoms with Crippen LogP contribution >= 0.6 is 11.6 Å². The molecule has 0 saturated heterocycles. The fourth-order valence-corrected chi connectivity index (χ4v) is 5.68. The first-order valence-corrected chi connectivity index (χ1v) is 11.2. The topological polar surface area (TPSA) is 106 Å². The average Bonchev–Trinajstić information content (AvgIpc) is 2.71. The number of carbonyl (C=O) groups is 1. The third-order valence-corrected chi connectivity index (χ3v) is 7.36. The number of aromatic carboxylic acids is 1. The molecule has 2 heterocycles. The number of hydrogen-bond donors (Lipinski definition) is 2. The van der Waals surface area contributed by atoms with E-state index in [-0.39, 0.29) is 33.5 Å². The molecule has 3 fully saturated rings. The van der Waals surface area contributed by atoms with Gasteiger partial charge in [0.25, 0.3) is 5.56 Å². The number of carboxylic acid groups (broad SMARTS) is 1. The van der Waals surface area contributed by atoms with Crippen LogP contribution in [-0.2, 0) is 17.2 Å². The van der Waals surface area contributed by atoms with E-state index in [2.05, 4.69) is 10.3 Å². The molecule has 2 aromatic heterocycles. The summed E-state index contributed by atoms with van der Waals surface area (Å²) in [6.07, 6.45) is 2.61. The molecule has 1 aromatic carbocycles. The lowest BCUT2D eigenvalue weighted by Crippen LogP contribution is -2.71. The number of anilines is 1. The lowest BCUT2D eigenvalue weighted by Gasteiger charge is -2.68. The predicted molar refractivity (Wildman–Crippen MR) is 125 cm³/mol. The number of nitrogens with one attached hydrogen (secondary N) is 1. The van der Waals surface area contributed by atoms with E-state index in [1.54, 1.807) is 24.8 Å². The fraction of sp³-hybridized carbons (Fsp3) is 0.417. The molecule has 172 valence electrons. The summed E-state index contributed by atoms with van der Waals surface area (Å²) >= 11 is 5.89. The van der Waals surface area contributed by atoms with Gasteiger partial charge in [-0.2, -0.15) is 0 Å². The zero-order valence-corrected chi connectivity index (χ0v) is 19.7. The second-order valence-corrected chi connectivity index (χ2v) is 9.84. The van der Waals surface area contributed by atoms with Gasteiger partial charge in [-0.1, -0.05) is 17.7 Å². The lowest BCUT2D eigenvalue weighted by molar-refractivity contribution is -0.235. The van der Waals surface area contributed by atoms with E-state index in [1.165, 1.54) is 6.07 Å². The van der Waals surface area contributed by atoms with Crippen LogP contribution in [0.1, 0.15) is 59.7 Å². The maximum Gasteiger partial charge on any atom is 0.356 e. The monoisotopic (exact) mass is 468 g/mol. The highest BCUT2D eigenvalue weighted by atomic mass is 35.5. The Morgan fingerprint density at radius 2 is 1.97 bits per heavy atom. The fourth-order valence-electron chi connectivity index (χ4n) is 5.53. The Balaban J connectivity index is 1.60. The Morgan fingerprint density at radius 1 is 1.27 bits per heavy atom. The number of rotatable bonds is 6. The van der Waals surface area contributed by atoms with E-state index >= 15 is 0 Å². The second-order valence-electron chi connectivity index (χ2n) is 9.45. The Hall–Kier alpha value is -2.97. The standard InChI is InChI=1S/C24H25ClN4O4/c1-12-7-14(13(2)26-16-5-6-17(25)27-19(16)21(31)32)18-15(8-12)20(30)29(3)22(28-18)23-9-24(10-23,11-23)33-4/h5-8,13,26H,9-11H2,1-4H3,(H,31,32)/t13-,23?,24?/m1/s1. The summed E-state index contributed by atoms with van der Waals surface area (Å²) in [7, 11) is 3.52. The highest BCUT2D eigenvalue weighted by Gasteiger charge is 2.71. The molecule has 2 N–H and O–H groups in total. The Morgan fingerprint density at radius 3 is 2.61 bits per heavy atom. The van der Waals surface area contributed by atoms with Crippen molar-refractivity contribution in [3.63, 3.8) is 0 Å². The first-order valence-electron chi connectivity index (χ1n) is 10.8. The van der Waals surface area contributed by atoms with Crippen molar-refractivity contribution in [2.24, 2.45) is 7.05 Å². The molecule has 3 aromatic rings. The highest BCUT2D eigenvalue weighted by Crippen LogP contribution is 2.68. The maximum absolute atomic E-state index is 13.3. The zero-order valence-electron chi connectivity index (χ0n) is 18.9. The third-order valence-electron chi connectivity index (χ3n) is 7.15. The number of ether oxygens (including phenoxy) is 1. The maximum atomic E-state index is 13.3. The van der Waals surface area contributed by atoms with Gasteiger partial charge in [0, 0.05) is 25.1 Å². The van der Waals surface area contributed by atoms with E-state index in [1.807, 2.05) is 26.0 Å². The van der Waals surface area contributed by atoms with Crippen LogP contribution in [-0.4, -0.2) is 38.3 Å². The molecule has 2 bridgehead atoms. The van der Waals surface area contributed by atoms with E-state index in [0.29, 0.717) is 16.6 Å². The summed E-state index contributed by atoms with van der Waals surface area (Å²) in [4.78, 5) is 34.0. The number of nitrogens with zero attached hydrogens (tertiary/aromatic N) is 3. The van der Waals surface area contributed by atoms with E-state index in [4.69, 9.17) is 21.3 Å². The molecule has 0 radical (unpaired) electrons. The average molecular weight is 469 g/mol. The molecule has 0 unspecified atom stereocenters. The van der Waals surface area contributed by atoms with Crippen LogP contribution in [0.15, 0.2) is 29.1 Å². The van der Waals surface area contributed by atoms with Crippen LogP contribution in [0.2, 0.25) is 5.15 Å². The van der Waals surface area contributed by atoms with Crippen molar-refractivity contribution in [1.29, 1.82) is 0 Å². The zero-order chi connectivity index (χ0) is 23.7. The summed E-state index contributed by atoms with van der Waals surface area (Å²) in [5.74, 6) is -0.387. The summed E-state index contributed by atoms with van der Waals surface area (Å²) < 4.78 is 7.31. The van der Waals surface area contributed by atoms with Crippen molar-refractivity contribution in [3.05, 3.63) is 62.4 Å². The predicted octanol–water partition coefficient (Wildman–Crippen LogP) is 3.98. The van der Waals surface area contributed by atoms with Crippen LogP contribution in [0.5, 0.6) is 0 Å². The van der Waals surface area contributed by atoms with Crippen molar-refractivity contribution in [1.82, 2.24) is 14.5 Å². The number of hydrogen-bond acceptors (Lipinski definition) is 6. The van der Waals surface area contributed by atoms with Crippen LogP contribution in [0.25, 0.3) is 10.9 Å². The number of fused-ring (bicyclic) bond motifs is 1. The van der Waals surface area contributed by atoms with Gasteiger partial charge in [-0.05, 0) is 56.9 Å². The van der Waals surface area contributed by atoms with Crippen molar-refractivity contribution in [3.8, 4) is 0 Å². The molecule has 0 spiro atoms. The molecular weight excluding hydrogens is 444 g/mol. The SMILES string of the molecule is COC12CC(c3nc4c([C@@H](C)Nc5ccc(Cl)nc5C(=O)O)cc(C)cc4c(=O)n3C)(C1)C2. The smallest absolute Gasteiger partial charge is 0.356 e. The molecule has 9 heteroatoms. The number of pyridine rings is 1.